The molecule has 6 rings (SSSR count). The third kappa shape index (κ3) is 5.29. The molecule has 9 heteroatoms. The molecule has 1 aromatic carbocycles. The second-order valence-electron chi connectivity index (χ2n) is 10.0. The van der Waals surface area contributed by atoms with Crippen LogP contribution < -0.4 is 15.0 Å². The molecule has 38 heavy (non-hydrogen) atoms. The Morgan fingerprint density at radius 3 is 2.53 bits per heavy atom. The van der Waals surface area contributed by atoms with Gasteiger partial charge in [0.05, 0.1) is 26.7 Å². The van der Waals surface area contributed by atoms with Gasteiger partial charge >= 0.3 is 0 Å². The van der Waals surface area contributed by atoms with Gasteiger partial charge in [0.1, 0.15) is 17.1 Å². The van der Waals surface area contributed by atoms with E-state index in [1.165, 1.54) is 37.7 Å². The summed E-state index contributed by atoms with van der Waals surface area (Å²) in [7, 11) is 1.69. The maximum absolute atomic E-state index is 5.48. The third-order valence-electron chi connectivity index (χ3n) is 7.60. The van der Waals surface area contributed by atoms with E-state index in [0.29, 0.717) is 11.9 Å². The molecule has 9 nitrogen and oxygen atoms in total. The van der Waals surface area contributed by atoms with Crippen LogP contribution in [0, 0.1) is 0 Å². The summed E-state index contributed by atoms with van der Waals surface area (Å²) < 4.78 is 13.0. The highest BCUT2D eigenvalue weighted by Crippen LogP contribution is 2.32. The molecular weight excluding hydrogens is 478 g/mol. The van der Waals surface area contributed by atoms with E-state index >= 15 is 0 Å². The van der Waals surface area contributed by atoms with Crippen LogP contribution in [0.4, 0.5) is 11.6 Å². The zero-order chi connectivity index (χ0) is 25.7. The maximum atomic E-state index is 5.48. The lowest BCUT2D eigenvalue weighted by atomic mass is 9.95. The number of hydrogen-bond acceptors (Lipinski definition) is 8. The minimum atomic E-state index is 0.436. The molecule has 198 valence electrons. The van der Waals surface area contributed by atoms with Crippen molar-refractivity contribution in [3.63, 3.8) is 0 Å². The number of nitrogens with zero attached hydrogens (tertiary/aromatic N) is 6. The predicted molar refractivity (Wildman–Crippen MR) is 149 cm³/mol. The Morgan fingerprint density at radius 1 is 0.974 bits per heavy atom. The second-order valence-corrected chi connectivity index (χ2v) is 10.0. The first-order valence-corrected chi connectivity index (χ1v) is 13.7. The summed E-state index contributed by atoms with van der Waals surface area (Å²) in [6, 6.07) is 12.8. The van der Waals surface area contributed by atoms with Crippen LogP contribution in [0.1, 0.15) is 43.7 Å². The van der Waals surface area contributed by atoms with Crippen LogP contribution in [0.15, 0.2) is 48.9 Å². The van der Waals surface area contributed by atoms with Gasteiger partial charge in [0, 0.05) is 37.4 Å². The van der Waals surface area contributed by atoms with Crippen molar-refractivity contribution in [2.24, 2.45) is 0 Å². The lowest BCUT2D eigenvalue weighted by Gasteiger charge is -2.27. The van der Waals surface area contributed by atoms with E-state index in [-0.39, 0.29) is 0 Å². The first kappa shape index (κ1) is 24.6. The molecule has 4 aromatic rings. The van der Waals surface area contributed by atoms with Crippen molar-refractivity contribution in [1.82, 2.24) is 24.5 Å². The fourth-order valence-corrected chi connectivity index (χ4v) is 5.41. The van der Waals surface area contributed by atoms with E-state index in [1.807, 2.05) is 24.7 Å². The Kier molecular flexibility index (Phi) is 7.35. The number of anilines is 2. The molecule has 1 N–H and O–H groups in total. The van der Waals surface area contributed by atoms with Crippen LogP contribution in [0.3, 0.4) is 0 Å². The fraction of sp³-hybridized carbons (Fsp3) is 0.448. The summed E-state index contributed by atoms with van der Waals surface area (Å²) in [6.45, 7) is 3.93. The quantitative estimate of drug-likeness (QED) is 0.356. The summed E-state index contributed by atoms with van der Waals surface area (Å²) in [5.41, 5.74) is 3.86. The zero-order valence-electron chi connectivity index (χ0n) is 22.0. The van der Waals surface area contributed by atoms with Gasteiger partial charge in [0.15, 0.2) is 17.3 Å². The Balaban J connectivity index is 1.29. The number of hydrogen-bond donors (Lipinski definition) is 1. The Hall–Kier alpha value is -3.72. The first-order chi connectivity index (χ1) is 18.8. The number of morpholine rings is 1. The molecule has 1 saturated carbocycles. The molecule has 0 bridgehead atoms. The van der Waals surface area contributed by atoms with Crippen molar-refractivity contribution in [1.29, 1.82) is 0 Å². The second kappa shape index (κ2) is 11.3. The van der Waals surface area contributed by atoms with Gasteiger partial charge in [-0.2, -0.15) is 0 Å². The average molecular weight is 514 g/mol. The number of imidazole rings is 1. The molecule has 1 aliphatic carbocycles. The molecule has 0 amide bonds. The summed E-state index contributed by atoms with van der Waals surface area (Å²) in [6.07, 6.45) is 10.8. The molecule has 1 aliphatic heterocycles. The Morgan fingerprint density at radius 2 is 1.79 bits per heavy atom. The van der Waals surface area contributed by atoms with Crippen LogP contribution in [-0.2, 0) is 11.2 Å². The van der Waals surface area contributed by atoms with Crippen molar-refractivity contribution >= 4 is 22.8 Å². The Labute approximate surface area is 223 Å². The topological polar surface area (TPSA) is 90.2 Å². The molecule has 0 atom stereocenters. The number of pyridine rings is 1. The van der Waals surface area contributed by atoms with Gasteiger partial charge in [0.25, 0.3) is 0 Å². The van der Waals surface area contributed by atoms with Crippen molar-refractivity contribution in [2.75, 3.05) is 50.2 Å². The van der Waals surface area contributed by atoms with E-state index < -0.39 is 0 Å². The SMILES string of the molecule is COc1ccc(CCNc2nc(-c3ccc(N4CCOCC4)nc3)nc3c2ncn3C2CCCCC2)cc1. The summed E-state index contributed by atoms with van der Waals surface area (Å²) in [5, 5.41) is 3.55. The number of methoxy groups -OCH3 is 1. The molecule has 1 saturated heterocycles. The summed E-state index contributed by atoms with van der Waals surface area (Å²) in [4.78, 5) is 21.7. The molecule has 4 heterocycles. The molecule has 0 radical (unpaired) electrons. The van der Waals surface area contributed by atoms with E-state index in [0.717, 1.165) is 73.4 Å². The number of aromatic nitrogens is 5. The first-order valence-electron chi connectivity index (χ1n) is 13.7. The van der Waals surface area contributed by atoms with E-state index in [1.54, 1.807) is 7.11 Å². The lowest BCUT2D eigenvalue weighted by Crippen LogP contribution is -2.36. The van der Waals surface area contributed by atoms with Gasteiger partial charge in [-0.3, -0.25) is 0 Å². The van der Waals surface area contributed by atoms with E-state index in [9.17, 15) is 0 Å². The van der Waals surface area contributed by atoms with Crippen molar-refractivity contribution < 1.29 is 9.47 Å². The molecule has 3 aromatic heterocycles. The smallest absolute Gasteiger partial charge is 0.166 e. The minimum absolute atomic E-state index is 0.436. The van der Waals surface area contributed by atoms with Gasteiger partial charge in [-0.1, -0.05) is 31.4 Å². The largest absolute Gasteiger partial charge is 0.497 e. The van der Waals surface area contributed by atoms with Crippen LogP contribution in [0.25, 0.3) is 22.6 Å². The minimum Gasteiger partial charge on any atom is -0.497 e. The van der Waals surface area contributed by atoms with Gasteiger partial charge in [-0.15, -0.1) is 0 Å². The van der Waals surface area contributed by atoms with Gasteiger partial charge in [0.2, 0.25) is 0 Å². The molecular formula is C29H35N7O2. The number of nitrogens with one attached hydrogen (secondary N) is 1. The third-order valence-corrected chi connectivity index (χ3v) is 7.60. The molecule has 2 fully saturated rings. The standard InChI is InChI=1S/C29H35N7O2/c1-37-24-10-7-21(8-11-24)13-14-30-28-26-29(36(20-32-26)23-5-3-2-4-6-23)34-27(33-28)22-9-12-25(31-19-22)35-15-17-38-18-16-35/h7-12,19-20,23H,2-6,13-18H2,1H3,(H,30,33,34). The van der Waals surface area contributed by atoms with Crippen molar-refractivity contribution in [3.8, 4) is 17.1 Å². The van der Waals surface area contributed by atoms with Crippen LogP contribution in [0.2, 0.25) is 0 Å². The van der Waals surface area contributed by atoms with Gasteiger partial charge in [-0.05, 0) is 49.1 Å². The number of ether oxygens (including phenoxy) is 2. The molecule has 0 spiro atoms. The van der Waals surface area contributed by atoms with Crippen LogP contribution in [-0.4, -0.2) is 64.5 Å². The van der Waals surface area contributed by atoms with Crippen molar-refractivity contribution in [2.45, 2.75) is 44.6 Å². The van der Waals surface area contributed by atoms with Crippen molar-refractivity contribution in [3.05, 3.63) is 54.5 Å². The summed E-state index contributed by atoms with van der Waals surface area (Å²) in [5.74, 6) is 3.27. The number of fused-ring (bicyclic) bond motifs is 1. The highest BCUT2D eigenvalue weighted by Gasteiger charge is 2.21. The van der Waals surface area contributed by atoms with E-state index in [2.05, 4.69) is 39.0 Å². The Bertz CT molecular complexity index is 1340. The number of rotatable bonds is 8. The monoisotopic (exact) mass is 513 g/mol. The van der Waals surface area contributed by atoms with Crippen LogP contribution >= 0.6 is 0 Å². The molecule has 2 aliphatic rings. The molecule has 0 unspecified atom stereocenters. The highest BCUT2D eigenvalue weighted by atomic mass is 16.5. The van der Waals surface area contributed by atoms with E-state index in [4.69, 9.17) is 29.4 Å². The number of benzene rings is 1. The highest BCUT2D eigenvalue weighted by molar-refractivity contribution is 5.85. The van der Waals surface area contributed by atoms with Gasteiger partial charge < -0.3 is 24.3 Å². The maximum Gasteiger partial charge on any atom is 0.166 e. The fourth-order valence-electron chi connectivity index (χ4n) is 5.41. The van der Waals surface area contributed by atoms with Gasteiger partial charge in [-0.25, -0.2) is 19.9 Å². The zero-order valence-corrected chi connectivity index (χ0v) is 22.0. The van der Waals surface area contributed by atoms with Crippen LogP contribution in [0.5, 0.6) is 5.75 Å². The lowest BCUT2D eigenvalue weighted by molar-refractivity contribution is 0.122. The normalized spacial score (nSPS) is 16.6. The average Bonchev–Trinajstić information content (AvgIpc) is 3.43. The summed E-state index contributed by atoms with van der Waals surface area (Å²) >= 11 is 0. The predicted octanol–water partition coefficient (Wildman–Crippen LogP) is 4.89.